The Morgan fingerprint density at radius 2 is 1.62 bits per heavy atom. The molecule has 1 N–H and O–H groups in total. The van der Waals surface area contributed by atoms with Crippen molar-refractivity contribution in [2.24, 2.45) is 0 Å². The van der Waals surface area contributed by atoms with E-state index in [-0.39, 0.29) is 11.3 Å². The maximum absolute atomic E-state index is 12.2. The number of hydrogen-bond acceptors (Lipinski definition) is 2. The molecular formula is C17H25NO3. The van der Waals surface area contributed by atoms with Gasteiger partial charge in [0.15, 0.2) is 0 Å². The highest BCUT2D eigenvalue weighted by Crippen LogP contribution is 2.29. The highest BCUT2D eigenvalue weighted by Gasteiger charge is 2.35. The molecule has 0 saturated carbocycles. The zero-order chi connectivity index (χ0) is 16.3. The topological polar surface area (TPSA) is 57.6 Å². The van der Waals surface area contributed by atoms with E-state index in [2.05, 4.69) is 26.0 Å². The Kier molecular flexibility index (Phi) is 5.15. The van der Waals surface area contributed by atoms with Crippen LogP contribution in [0.5, 0.6) is 0 Å². The van der Waals surface area contributed by atoms with Crippen molar-refractivity contribution in [3.8, 4) is 0 Å². The minimum absolute atomic E-state index is 0.120. The molecular weight excluding hydrogens is 266 g/mol. The van der Waals surface area contributed by atoms with Crippen molar-refractivity contribution in [2.75, 3.05) is 7.05 Å². The van der Waals surface area contributed by atoms with Crippen LogP contribution in [0, 0.1) is 0 Å². The van der Waals surface area contributed by atoms with Crippen LogP contribution in [-0.2, 0) is 15.0 Å². The van der Waals surface area contributed by atoms with E-state index in [9.17, 15) is 14.7 Å². The average Bonchev–Trinajstić information content (AvgIpc) is 2.44. The molecule has 0 aliphatic rings. The minimum Gasteiger partial charge on any atom is -0.480 e. The van der Waals surface area contributed by atoms with E-state index in [4.69, 9.17) is 0 Å². The molecule has 0 aliphatic carbocycles. The van der Waals surface area contributed by atoms with Gasteiger partial charge >= 0.3 is 5.97 Å². The summed E-state index contributed by atoms with van der Waals surface area (Å²) in [5.41, 5.74) is -0.128. The number of benzene rings is 1. The predicted molar refractivity (Wildman–Crippen MR) is 83.2 cm³/mol. The van der Waals surface area contributed by atoms with E-state index in [0.29, 0.717) is 12.8 Å². The molecule has 0 unspecified atom stereocenters. The fraction of sp³-hybridized carbons (Fsp3) is 0.529. The minimum atomic E-state index is -1.19. The number of hydrogen-bond donors (Lipinski definition) is 1. The summed E-state index contributed by atoms with van der Waals surface area (Å²) >= 11 is 0. The van der Waals surface area contributed by atoms with Gasteiger partial charge in [-0.2, -0.15) is 0 Å². The quantitative estimate of drug-likeness (QED) is 0.876. The lowest BCUT2D eigenvalue weighted by atomic mass is 9.80. The Bertz CT molecular complexity index is 506. The molecule has 1 aromatic rings. The van der Waals surface area contributed by atoms with Gasteiger partial charge in [0, 0.05) is 13.5 Å². The average molecular weight is 291 g/mol. The SMILES string of the molecule is CN(C(=O)CCC(C)(C)c1ccccc1)C(C)(C)C(=O)O. The van der Waals surface area contributed by atoms with Crippen LogP contribution in [0.15, 0.2) is 30.3 Å². The first-order chi connectivity index (χ1) is 9.59. The van der Waals surface area contributed by atoms with Gasteiger partial charge in [-0.25, -0.2) is 4.79 Å². The number of carbonyl (C=O) groups excluding carboxylic acids is 1. The maximum Gasteiger partial charge on any atom is 0.329 e. The molecule has 0 aliphatic heterocycles. The first-order valence-corrected chi connectivity index (χ1v) is 7.14. The highest BCUT2D eigenvalue weighted by molar-refractivity contribution is 5.86. The number of rotatable bonds is 6. The third kappa shape index (κ3) is 4.06. The van der Waals surface area contributed by atoms with Gasteiger partial charge in [0.2, 0.25) is 5.91 Å². The fourth-order valence-corrected chi connectivity index (χ4v) is 2.08. The van der Waals surface area contributed by atoms with Crippen LogP contribution >= 0.6 is 0 Å². The zero-order valence-electron chi connectivity index (χ0n) is 13.5. The van der Waals surface area contributed by atoms with E-state index in [1.165, 1.54) is 24.3 Å². The van der Waals surface area contributed by atoms with Crippen molar-refractivity contribution < 1.29 is 14.7 Å². The number of carbonyl (C=O) groups is 2. The summed E-state index contributed by atoms with van der Waals surface area (Å²) < 4.78 is 0. The summed E-state index contributed by atoms with van der Waals surface area (Å²) in [6.07, 6.45) is 1.00. The Morgan fingerprint density at radius 1 is 1.10 bits per heavy atom. The molecule has 1 rings (SSSR count). The number of carboxylic acid groups (broad SMARTS) is 1. The lowest BCUT2D eigenvalue weighted by molar-refractivity contribution is -0.155. The maximum atomic E-state index is 12.2. The van der Waals surface area contributed by atoms with Crippen molar-refractivity contribution >= 4 is 11.9 Å². The molecule has 0 spiro atoms. The molecule has 0 fully saturated rings. The number of nitrogens with zero attached hydrogens (tertiary/aromatic N) is 1. The van der Waals surface area contributed by atoms with Gasteiger partial charge in [0.1, 0.15) is 5.54 Å². The number of amides is 1. The molecule has 1 aromatic carbocycles. The lowest BCUT2D eigenvalue weighted by Crippen LogP contribution is -2.50. The van der Waals surface area contributed by atoms with E-state index in [1.807, 2.05) is 18.2 Å². The van der Waals surface area contributed by atoms with Crippen LogP contribution in [0.4, 0.5) is 0 Å². The Hall–Kier alpha value is -1.84. The molecule has 4 heteroatoms. The van der Waals surface area contributed by atoms with Gasteiger partial charge in [-0.05, 0) is 31.2 Å². The first kappa shape index (κ1) is 17.2. The first-order valence-electron chi connectivity index (χ1n) is 7.14. The highest BCUT2D eigenvalue weighted by atomic mass is 16.4. The monoisotopic (exact) mass is 291 g/mol. The van der Waals surface area contributed by atoms with Crippen molar-refractivity contribution in [1.82, 2.24) is 4.90 Å². The van der Waals surface area contributed by atoms with Crippen LogP contribution in [0.3, 0.4) is 0 Å². The fourth-order valence-electron chi connectivity index (χ4n) is 2.08. The Labute approximate surface area is 126 Å². The summed E-state index contributed by atoms with van der Waals surface area (Å²) in [7, 11) is 1.55. The number of likely N-dealkylation sites (N-methyl/N-ethyl adjacent to an activating group) is 1. The third-order valence-electron chi connectivity index (χ3n) is 4.26. The van der Waals surface area contributed by atoms with Crippen LogP contribution in [-0.4, -0.2) is 34.5 Å². The van der Waals surface area contributed by atoms with Gasteiger partial charge < -0.3 is 10.0 Å². The summed E-state index contributed by atoms with van der Waals surface area (Å²) in [4.78, 5) is 24.7. The van der Waals surface area contributed by atoms with Crippen LogP contribution < -0.4 is 0 Å². The molecule has 0 aromatic heterocycles. The molecule has 0 radical (unpaired) electrons. The van der Waals surface area contributed by atoms with Crippen molar-refractivity contribution in [3.05, 3.63) is 35.9 Å². The van der Waals surface area contributed by atoms with E-state index < -0.39 is 11.5 Å². The largest absolute Gasteiger partial charge is 0.480 e. The van der Waals surface area contributed by atoms with Crippen LogP contribution in [0.25, 0.3) is 0 Å². The normalized spacial score (nSPS) is 12.0. The molecule has 116 valence electrons. The second kappa shape index (κ2) is 6.29. The van der Waals surface area contributed by atoms with Gasteiger partial charge in [0.25, 0.3) is 0 Å². The molecule has 0 heterocycles. The van der Waals surface area contributed by atoms with E-state index in [0.717, 1.165) is 0 Å². The molecule has 1 amide bonds. The predicted octanol–water partition coefficient (Wildman–Crippen LogP) is 3.07. The Morgan fingerprint density at radius 3 is 2.10 bits per heavy atom. The molecule has 0 saturated heterocycles. The summed E-state index contributed by atoms with van der Waals surface area (Å²) in [6.45, 7) is 7.26. The summed E-state index contributed by atoms with van der Waals surface area (Å²) in [5, 5.41) is 9.17. The number of aliphatic carboxylic acids is 1. The van der Waals surface area contributed by atoms with Gasteiger partial charge in [-0.15, -0.1) is 0 Å². The van der Waals surface area contributed by atoms with Crippen molar-refractivity contribution in [1.29, 1.82) is 0 Å². The Balaban J connectivity index is 2.71. The summed E-state index contributed by atoms with van der Waals surface area (Å²) in [5.74, 6) is -1.15. The molecule has 0 atom stereocenters. The van der Waals surface area contributed by atoms with E-state index >= 15 is 0 Å². The molecule has 4 nitrogen and oxygen atoms in total. The van der Waals surface area contributed by atoms with E-state index in [1.54, 1.807) is 7.05 Å². The van der Waals surface area contributed by atoms with Gasteiger partial charge in [0.05, 0.1) is 0 Å². The van der Waals surface area contributed by atoms with Crippen molar-refractivity contribution in [2.45, 2.75) is 51.5 Å². The van der Waals surface area contributed by atoms with Crippen molar-refractivity contribution in [3.63, 3.8) is 0 Å². The van der Waals surface area contributed by atoms with Crippen LogP contribution in [0.1, 0.15) is 46.1 Å². The van der Waals surface area contributed by atoms with Gasteiger partial charge in [-0.1, -0.05) is 44.2 Å². The smallest absolute Gasteiger partial charge is 0.329 e. The summed E-state index contributed by atoms with van der Waals surface area (Å²) in [6, 6.07) is 10.0. The number of carboxylic acids is 1. The molecule has 21 heavy (non-hydrogen) atoms. The zero-order valence-corrected chi connectivity index (χ0v) is 13.5. The van der Waals surface area contributed by atoms with Gasteiger partial charge in [-0.3, -0.25) is 4.79 Å². The van der Waals surface area contributed by atoms with Crippen LogP contribution in [0.2, 0.25) is 0 Å². The third-order valence-corrected chi connectivity index (χ3v) is 4.26. The standard InChI is InChI=1S/C17H25NO3/c1-16(2,13-9-7-6-8-10-13)12-11-14(19)18(5)17(3,4)15(20)21/h6-10H,11-12H2,1-5H3,(H,20,21). The lowest BCUT2D eigenvalue weighted by Gasteiger charge is -2.33. The second-order valence-electron chi connectivity index (χ2n) is 6.57. The molecule has 0 bridgehead atoms. The second-order valence-corrected chi connectivity index (χ2v) is 6.57.